The van der Waals surface area contributed by atoms with Crippen molar-refractivity contribution >= 4 is 41.3 Å². The summed E-state index contributed by atoms with van der Waals surface area (Å²) in [6, 6.07) is 29.5. The van der Waals surface area contributed by atoms with E-state index in [1.54, 1.807) is 117 Å². The monoisotopic (exact) mass is 944 g/mol. The lowest BCUT2D eigenvalue weighted by Gasteiger charge is -2.67. The number of amides is 1. The van der Waals surface area contributed by atoms with Crippen LogP contribution in [-0.4, -0.2) is 105 Å². The Morgan fingerprint density at radius 3 is 2.03 bits per heavy atom. The minimum absolute atomic E-state index is 0.0407. The van der Waals surface area contributed by atoms with Gasteiger partial charge in [0.15, 0.2) is 23.6 Å². The first-order chi connectivity index (χ1) is 32.7. The van der Waals surface area contributed by atoms with Crippen LogP contribution in [0, 0.1) is 16.7 Å². The molecular formula is C53H56N2O14. The summed E-state index contributed by atoms with van der Waals surface area (Å²) >= 11 is 0. The number of hydrogen-bond acceptors (Lipinski definition) is 15. The van der Waals surface area contributed by atoms with Crippen molar-refractivity contribution in [2.75, 3.05) is 12.3 Å². The molecule has 1 saturated heterocycles. The van der Waals surface area contributed by atoms with Crippen molar-refractivity contribution in [2.45, 2.75) is 108 Å². The van der Waals surface area contributed by atoms with Crippen molar-refractivity contribution in [3.05, 3.63) is 149 Å². The third-order valence-electron chi connectivity index (χ3n) is 14.8. The summed E-state index contributed by atoms with van der Waals surface area (Å²) in [6.07, 6.45) is -11.3. The molecule has 16 heteroatoms. The van der Waals surface area contributed by atoms with Crippen molar-refractivity contribution in [3.8, 4) is 0 Å². The third kappa shape index (κ3) is 8.49. The highest BCUT2D eigenvalue weighted by atomic mass is 16.6. The molecule has 16 nitrogen and oxygen atoms in total. The number of esters is 4. The molecule has 4 aliphatic rings. The van der Waals surface area contributed by atoms with Crippen LogP contribution in [0.2, 0.25) is 0 Å². The van der Waals surface area contributed by atoms with Crippen LogP contribution in [0.25, 0.3) is 0 Å². The van der Waals surface area contributed by atoms with E-state index in [-0.39, 0.29) is 41.0 Å². The first-order valence-corrected chi connectivity index (χ1v) is 22.8. The molecule has 4 aromatic carbocycles. The van der Waals surface area contributed by atoms with Gasteiger partial charge in [-0.2, -0.15) is 0 Å². The molecule has 69 heavy (non-hydrogen) atoms. The molecule has 3 unspecified atom stereocenters. The van der Waals surface area contributed by atoms with Crippen molar-refractivity contribution < 1.29 is 67.8 Å². The van der Waals surface area contributed by atoms with Crippen LogP contribution >= 0.6 is 0 Å². The maximum absolute atomic E-state index is 16.0. The molecule has 1 aliphatic heterocycles. The molecule has 2 bridgehead atoms. The Morgan fingerprint density at radius 2 is 1.43 bits per heavy atom. The van der Waals surface area contributed by atoms with Gasteiger partial charge in [-0.25, -0.2) is 9.59 Å². The number of fused-ring (bicyclic) bond motifs is 5. The van der Waals surface area contributed by atoms with E-state index in [2.05, 4.69) is 5.32 Å². The minimum atomic E-state index is -2.45. The lowest BCUT2D eigenvalue weighted by Crippen LogP contribution is -2.82. The number of Topliss-reactive ketones (excluding diaryl/α,β-unsaturated/α-hetero) is 1. The number of ketones is 1. The molecule has 362 valence electrons. The lowest BCUT2D eigenvalue weighted by atomic mass is 9.44. The zero-order valence-corrected chi connectivity index (χ0v) is 38.8. The SMILES string of the molecule is CC(=O)O[C@@]12CO[C@@H]1C[C@H](O)[C@@]1(C)C(=O)[C@H](OC(=O)Cc3ccccc3N)C3=C(C)[C@@H](OC(=O)C(O)C(NC(=O)c4ccccc4)c4ccccc4)C[C@@](O)([C@@H](OC(=O)c4ccccc4)C12)C3(C)C. The van der Waals surface area contributed by atoms with Gasteiger partial charge in [0, 0.05) is 36.4 Å². The number of nitrogen functional groups attached to an aromatic ring is 1. The maximum atomic E-state index is 16.0. The van der Waals surface area contributed by atoms with Crippen LogP contribution in [0.4, 0.5) is 5.69 Å². The quantitative estimate of drug-likeness (QED) is 0.0566. The number of aliphatic hydroxyl groups excluding tert-OH is 2. The molecule has 2 saturated carbocycles. The number of ether oxygens (including phenoxy) is 5. The Balaban J connectivity index is 1.29. The van der Waals surface area contributed by atoms with E-state index in [0.717, 1.165) is 6.92 Å². The summed E-state index contributed by atoms with van der Waals surface area (Å²) in [5.74, 6) is -7.02. The molecule has 1 heterocycles. The fourth-order valence-corrected chi connectivity index (χ4v) is 11.0. The molecule has 6 N–H and O–H groups in total. The number of carbonyl (C=O) groups is 6. The van der Waals surface area contributed by atoms with E-state index in [4.69, 9.17) is 29.4 Å². The van der Waals surface area contributed by atoms with Gasteiger partial charge in [-0.1, -0.05) is 98.8 Å². The number of para-hydroxylation sites is 1. The highest BCUT2D eigenvalue weighted by Gasteiger charge is 2.78. The van der Waals surface area contributed by atoms with E-state index < -0.39 is 119 Å². The number of aliphatic hydroxyl groups is 3. The summed E-state index contributed by atoms with van der Waals surface area (Å²) in [6.45, 7) is 6.86. The Hall–Kier alpha value is -6.72. The summed E-state index contributed by atoms with van der Waals surface area (Å²) in [7, 11) is 0. The van der Waals surface area contributed by atoms with E-state index in [1.807, 2.05) is 0 Å². The molecule has 1 amide bonds. The first-order valence-electron chi connectivity index (χ1n) is 22.8. The van der Waals surface area contributed by atoms with Crippen molar-refractivity contribution in [2.24, 2.45) is 16.7 Å². The minimum Gasteiger partial charge on any atom is -0.456 e. The average molecular weight is 945 g/mol. The van der Waals surface area contributed by atoms with Crippen molar-refractivity contribution in [1.29, 1.82) is 0 Å². The van der Waals surface area contributed by atoms with Gasteiger partial charge in [-0.3, -0.25) is 19.2 Å². The normalized spacial score (nSPS) is 29.8. The van der Waals surface area contributed by atoms with Crippen LogP contribution in [0.5, 0.6) is 0 Å². The second-order valence-corrected chi connectivity index (χ2v) is 19.1. The number of benzene rings is 4. The van der Waals surface area contributed by atoms with Crippen molar-refractivity contribution in [3.63, 3.8) is 0 Å². The zero-order valence-electron chi connectivity index (χ0n) is 38.8. The second kappa shape index (κ2) is 18.6. The van der Waals surface area contributed by atoms with Gasteiger partial charge in [-0.05, 0) is 66.5 Å². The van der Waals surface area contributed by atoms with E-state index in [1.165, 1.54) is 26.0 Å². The van der Waals surface area contributed by atoms with Gasteiger partial charge in [0.2, 0.25) is 0 Å². The highest BCUT2D eigenvalue weighted by molar-refractivity contribution is 5.96. The fraction of sp³-hybridized carbons (Fsp3) is 0.396. The predicted molar refractivity (Wildman–Crippen MR) is 247 cm³/mol. The molecule has 0 radical (unpaired) electrons. The second-order valence-electron chi connectivity index (χ2n) is 19.1. The van der Waals surface area contributed by atoms with Crippen LogP contribution < -0.4 is 11.1 Å². The van der Waals surface area contributed by atoms with Gasteiger partial charge in [-0.15, -0.1) is 0 Å². The van der Waals surface area contributed by atoms with Crippen LogP contribution in [0.15, 0.2) is 126 Å². The zero-order chi connectivity index (χ0) is 49.6. The summed E-state index contributed by atoms with van der Waals surface area (Å²) in [5, 5.41) is 40.9. The largest absolute Gasteiger partial charge is 0.456 e. The van der Waals surface area contributed by atoms with Crippen LogP contribution in [-0.2, 0) is 49.3 Å². The van der Waals surface area contributed by atoms with Gasteiger partial charge in [0.05, 0.1) is 42.1 Å². The number of rotatable bonds is 12. The molecule has 4 aromatic rings. The lowest BCUT2D eigenvalue weighted by molar-refractivity contribution is -0.346. The van der Waals surface area contributed by atoms with Gasteiger partial charge in [0.1, 0.15) is 23.9 Å². The predicted octanol–water partition coefficient (Wildman–Crippen LogP) is 4.54. The van der Waals surface area contributed by atoms with E-state index >= 15 is 4.79 Å². The number of carbonyl (C=O) groups excluding carboxylic acids is 6. The molecule has 0 aromatic heterocycles. The third-order valence-corrected chi connectivity index (χ3v) is 14.8. The number of nitrogens with one attached hydrogen (secondary N) is 1. The van der Waals surface area contributed by atoms with Gasteiger partial charge < -0.3 is 50.1 Å². The van der Waals surface area contributed by atoms with E-state index in [9.17, 15) is 39.3 Å². The smallest absolute Gasteiger partial charge is 0.338 e. The highest BCUT2D eigenvalue weighted by Crippen LogP contribution is 2.64. The molecule has 8 rings (SSSR count). The van der Waals surface area contributed by atoms with Crippen LogP contribution in [0.3, 0.4) is 0 Å². The standard InChI is InChI=1S/C53H56N2O14/c1-29-36(66-49(63)42(59)41(31-17-9-6-10-18-31)55-47(61)32-19-11-7-12-20-32)27-53(64)46(68-48(62)33-21-13-8-14-22-33)44-51(5,37(57)26-38-52(44,28-65-38)69-30(2)56)45(60)43(40(29)50(53,3)4)67-39(58)25-34-23-15-16-24-35(34)54/h6-24,36-38,41-44,46,57,59,64H,25-28,54H2,1-5H3,(H,55,61)/t36-,37-,38+,41?,42?,43+,44?,46-,51+,52-,53+/m0/s1. The number of nitrogens with two attached hydrogens (primary N) is 1. The number of hydrogen-bond donors (Lipinski definition) is 5. The van der Waals surface area contributed by atoms with Gasteiger partial charge >= 0.3 is 23.9 Å². The van der Waals surface area contributed by atoms with Crippen molar-refractivity contribution in [1.82, 2.24) is 5.32 Å². The summed E-state index contributed by atoms with van der Waals surface area (Å²) in [4.78, 5) is 85.9. The Labute approximate surface area is 398 Å². The summed E-state index contributed by atoms with van der Waals surface area (Å²) in [5.41, 5.74) is -0.502. The fourth-order valence-electron chi connectivity index (χ4n) is 11.0. The first kappa shape index (κ1) is 48.7. The Bertz CT molecular complexity index is 2680. The molecule has 0 spiro atoms. The van der Waals surface area contributed by atoms with Crippen LogP contribution in [0.1, 0.15) is 85.3 Å². The number of anilines is 1. The molecule has 3 fully saturated rings. The topological polar surface area (TPSA) is 247 Å². The van der Waals surface area contributed by atoms with Gasteiger partial charge in [0.25, 0.3) is 5.91 Å². The Kier molecular flexibility index (Phi) is 13.2. The molecule has 11 atom stereocenters. The maximum Gasteiger partial charge on any atom is 0.338 e. The molecule has 3 aliphatic carbocycles. The Morgan fingerprint density at radius 1 is 0.841 bits per heavy atom. The average Bonchev–Trinajstić information content (AvgIpc) is 3.32. The molecular weight excluding hydrogens is 889 g/mol. The van der Waals surface area contributed by atoms with E-state index in [0.29, 0.717) is 11.1 Å². The summed E-state index contributed by atoms with van der Waals surface area (Å²) < 4.78 is 31.0.